The highest BCUT2D eigenvalue weighted by Crippen LogP contribution is 2.27. The lowest BCUT2D eigenvalue weighted by Gasteiger charge is -2.10. The molecule has 0 spiro atoms. The van der Waals surface area contributed by atoms with Crippen LogP contribution in [0.4, 0.5) is 5.82 Å². The number of carbonyl (C=O) groups is 1. The zero-order chi connectivity index (χ0) is 13.8. The van der Waals surface area contributed by atoms with Crippen molar-refractivity contribution in [3.63, 3.8) is 0 Å². The first-order valence-electron chi connectivity index (χ1n) is 5.83. The predicted octanol–water partition coefficient (Wildman–Crippen LogP) is 2.22. The van der Waals surface area contributed by atoms with Gasteiger partial charge in [-0.25, -0.2) is 4.74 Å². The van der Waals surface area contributed by atoms with E-state index in [1.54, 1.807) is 13.0 Å². The van der Waals surface area contributed by atoms with Crippen LogP contribution < -0.4 is 5.73 Å². The zero-order valence-corrected chi connectivity index (χ0v) is 11.4. The van der Waals surface area contributed by atoms with Gasteiger partial charge < -0.3 is 15.0 Å². The quantitative estimate of drug-likeness (QED) is 0.669. The van der Waals surface area contributed by atoms with Crippen molar-refractivity contribution >= 4 is 31.8 Å². The molecule has 100 valence electrons. The lowest BCUT2D eigenvalue weighted by molar-refractivity contribution is -0.144. The molecule has 0 saturated carbocycles. The van der Waals surface area contributed by atoms with Crippen molar-refractivity contribution in [1.82, 2.24) is 5.16 Å². The number of carbonyl (C=O) groups excluding carboxylic acids is 1. The van der Waals surface area contributed by atoms with Gasteiger partial charge >= 0.3 is 5.97 Å². The third kappa shape index (κ3) is 2.97. The molecule has 0 radical (unpaired) electrons. The highest BCUT2D eigenvalue weighted by atomic mass is 31.0. The van der Waals surface area contributed by atoms with Crippen molar-refractivity contribution in [3.05, 3.63) is 23.8 Å². The number of esters is 1. The molecule has 2 N–H and O–H groups in total. The second kappa shape index (κ2) is 5.91. The molecule has 0 aliphatic carbocycles. The molecule has 0 bridgehead atoms. The summed E-state index contributed by atoms with van der Waals surface area (Å²) in [5, 5.41) is 4.55. The van der Waals surface area contributed by atoms with Crippen LogP contribution in [0.5, 0.6) is 0 Å². The van der Waals surface area contributed by atoms with Gasteiger partial charge in [0.15, 0.2) is 5.58 Å². The summed E-state index contributed by atoms with van der Waals surface area (Å²) in [4.78, 5) is 11.5. The Morgan fingerprint density at radius 2 is 2.42 bits per heavy atom. The van der Waals surface area contributed by atoms with E-state index in [9.17, 15) is 4.79 Å². The highest BCUT2D eigenvalue weighted by Gasteiger charge is 2.16. The van der Waals surface area contributed by atoms with Crippen molar-refractivity contribution < 1.29 is 14.1 Å². The second-order valence-corrected chi connectivity index (χ2v) is 4.23. The van der Waals surface area contributed by atoms with Crippen LogP contribution in [0.25, 0.3) is 11.0 Å². The van der Waals surface area contributed by atoms with Crippen molar-refractivity contribution in [2.45, 2.75) is 19.4 Å². The van der Waals surface area contributed by atoms with E-state index in [1.807, 2.05) is 12.1 Å². The van der Waals surface area contributed by atoms with Crippen LogP contribution in [-0.2, 0) is 16.0 Å². The number of hydrogen-bond acceptors (Lipinski definition) is 6. The number of benzene rings is 1. The first-order chi connectivity index (χ1) is 9.15. The normalized spacial score (nSPS) is 12.3. The number of ether oxygens (including phenoxy) is 1. The topological polar surface area (TPSA) is 90.7 Å². The largest absolute Gasteiger partial charge is 0.465 e. The maximum atomic E-state index is 11.5. The van der Waals surface area contributed by atoms with Crippen LogP contribution >= 0.6 is 9.03 Å². The van der Waals surface area contributed by atoms with Gasteiger partial charge in [-0.05, 0) is 40.1 Å². The molecule has 19 heavy (non-hydrogen) atoms. The van der Waals surface area contributed by atoms with E-state index in [-0.39, 0.29) is 0 Å². The number of rotatable bonds is 5. The van der Waals surface area contributed by atoms with Gasteiger partial charge in [-0.3, -0.25) is 4.79 Å². The molecule has 0 aliphatic heterocycles. The van der Waals surface area contributed by atoms with Crippen molar-refractivity contribution in [1.29, 1.82) is 0 Å². The molecule has 1 atom stereocenters. The molecule has 1 aromatic heterocycles. The van der Waals surface area contributed by atoms with Gasteiger partial charge in [-0.15, -0.1) is 0 Å². The number of nitrogens with two attached hydrogens (primary N) is 1. The van der Waals surface area contributed by atoms with Gasteiger partial charge in [0.2, 0.25) is 5.82 Å². The Hall–Kier alpha value is -1.78. The standard InChI is InChI=1S/C12H14N3O3P/c1-2-17-12(16)9(13)6-7-3-4-10-8(5-7)11(15-19)14-18-10/h3-5,9,19H,2,6,13H2,1H3/t9-/m0/s1. The minimum Gasteiger partial charge on any atom is -0.465 e. The zero-order valence-electron chi connectivity index (χ0n) is 10.4. The highest BCUT2D eigenvalue weighted by molar-refractivity contribution is 7.04. The van der Waals surface area contributed by atoms with Crippen LogP contribution in [0.2, 0.25) is 0 Å². The molecule has 0 saturated heterocycles. The van der Waals surface area contributed by atoms with E-state index >= 15 is 0 Å². The fourth-order valence-electron chi connectivity index (χ4n) is 1.77. The van der Waals surface area contributed by atoms with Gasteiger partial charge in [0.1, 0.15) is 6.04 Å². The number of aromatic nitrogens is 1. The third-order valence-electron chi connectivity index (χ3n) is 2.67. The first-order valence-corrected chi connectivity index (χ1v) is 6.28. The monoisotopic (exact) mass is 279 g/mol. The van der Waals surface area contributed by atoms with Gasteiger partial charge in [0.25, 0.3) is 0 Å². The Bertz CT molecular complexity index is 611. The summed E-state index contributed by atoms with van der Waals surface area (Å²) in [6.07, 6.45) is 0.390. The maximum Gasteiger partial charge on any atom is 0.323 e. The van der Waals surface area contributed by atoms with E-state index in [4.69, 9.17) is 15.0 Å². The maximum absolute atomic E-state index is 11.5. The van der Waals surface area contributed by atoms with Gasteiger partial charge in [-0.1, -0.05) is 11.2 Å². The minimum absolute atomic E-state index is 0.323. The summed E-state index contributed by atoms with van der Waals surface area (Å²) in [7, 11) is 3.03. The fraction of sp³-hybridized carbons (Fsp3) is 0.333. The van der Waals surface area contributed by atoms with Crippen molar-refractivity contribution in [2.24, 2.45) is 10.5 Å². The molecule has 0 unspecified atom stereocenters. The van der Waals surface area contributed by atoms with Crippen LogP contribution in [0.1, 0.15) is 12.5 Å². The smallest absolute Gasteiger partial charge is 0.323 e. The predicted molar refractivity (Wildman–Crippen MR) is 72.7 cm³/mol. The van der Waals surface area contributed by atoms with Crippen molar-refractivity contribution in [2.75, 3.05) is 6.61 Å². The van der Waals surface area contributed by atoms with Crippen LogP contribution in [0.3, 0.4) is 0 Å². The molecule has 2 aromatic rings. The number of hydrogen-bond donors (Lipinski definition) is 1. The molecular weight excluding hydrogens is 265 g/mol. The minimum atomic E-state index is -0.679. The molecule has 7 heteroatoms. The summed E-state index contributed by atoms with van der Waals surface area (Å²) < 4.78 is 13.8. The third-order valence-corrected chi connectivity index (χ3v) is 2.88. The second-order valence-electron chi connectivity index (χ2n) is 4.01. The molecular formula is C12H14N3O3P. The van der Waals surface area contributed by atoms with Gasteiger partial charge in [-0.2, -0.15) is 0 Å². The summed E-state index contributed by atoms with van der Waals surface area (Å²) in [6, 6.07) is 4.78. The van der Waals surface area contributed by atoms with E-state index in [2.05, 4.69) is 18.9 Å². The summed E-state index contributed by atoms with van der Waals surface area (Å²) >= 11 is 0. The lowest BCUT2D eigenvalue weighted by Crippen LogP contribution is -2.34. The summed E-state index contributed by atoms with van der Waals surface area (Å²) in [5.74, 6) is 0.0520. The average molecular weight is 279 g/mol. The van der Waals surface area contributed by atoms with Crippen LogP contribution in [0.15, 0.2) is 27.5 Å². The SMILES string of the molecule is CCOC(=O)[C@@H](N)Cc1ccc2onc(N=P)c2c1. The first kappa shape index (κ1) is 13.6. The van der Waals surface area contributed by atoms with Crippen LogP contribution in [-0.4, -0.2) is 23.8 Å². The average Bonchev–Trinajstić information content (AvgIpc) is 2.81. The molecule has 0 fully saturated rings. The van der Waals surface area contributed by atoms with E-state index in [0.29, 0.717) is 24.4 Å². The number of fused-ring (bicyclic) bond motifs is 1. The van der Waals surface area contributed by atoms with E-state index in [1.165, 1.54) is 0 Å². The van der Waals surface area contributed by atoms with Crippen LogP contribution in [0, 0.1) is 0 Å². The molecule has 2 rings (SSSR count). The van der Waals surface area contributed by atoms with E-state index in [0.717, 1.165) is 10.9 Å². The Morgan fingerprint density at radius 1 is 1.63 bits per heavy atom. The molecule has 1 aromatic carbocycles. The summed E-state index contributed by atoms with van der Waals surface area (Å²) in [5.41, 5.74) is 7.30. The van der Waals surface area contributed by atoms with E-state index < -0.39 is 12.0 Å². The Kier molecular flexibility index (Phi) is 4.24. The fourth-order valence-corrected chi connectivity index (χ4v) is 1.93. The Labute approximate surface area is 112 Å². The van der Waals surface area contributed by atoms with Gasteiger partial charge in [0, 0.05) is 0 Å². The van der Waals surface area contributed by atoms with Crippen molar-refractivity contribution in [3.8, 4) is 0 Å². The number of nitrogens with zero attached hydrogens (tertiary/aromatic N) is 2. The molecule has 1 heterocycles. The Morgan fingerprint density at radius 3 is 3.11 bits per heavy atom. The molecule has 6 nitrogen and oxygen atoms in total. The summed E-state index contributed by atoms with van der Waals surface area (Å²) in [6.45, 7) is 2.07. The molecule has 0 amide bonds. The molecule has 0 aliphatic rings. The Balaban J connectivity index is 2.21. The lowest BCUT2D eigenvalue weighted by atomic mass is 10.0. The van der Waals surface area contributed by atoms with Gasteiger partial charge in [0.05, 0.1) is 12.0 Å².